The lowest BCUT2D eigenvalue weighted by Gasteiger charge is -2.65. The van der Waals surface area contributed by atoms with E-state index in [9.17, 15) is 19.8 Å². The average Bonchev–Trinajstić information content (AvgIpc) is 3.24. The summed E-state index contributed by atoms with van der Waals surface area (Å²) in [7, 11) is 0. The van der Waals surface area contributed by atoms with Gasteiger partial charge < -0.3 is 25.4 Å². The van der Waals surface area contributed by atoms with E-state index in [1.165, 1.54) is 0 Å². The molecule has 5 aliphatic carbocycles. The Labute approximate surface area is 255 Å². The molecule has 0 aromatic rings. The summed E-state index contributed by atoms with van der Waals surface area (Å²) in [5, 5.41) is 22.6. The predicted octanol–water partition coefficient (Wildman–Crippen LogP) is 5.53. The van der Waals surface area contributed by atoms with Crippen LogP contribution in [-0.4, -0.2) is 57.5 Å². The third-order valence-corrected chi connectivity index (χ3v) is 14.7. The minimum Gasteiger partial charge on any atom is -0.462 e. The molecule has 6 rings (SSSR count). The van der Waals surface area contributed by atoms with Crippen LogP contribution in [0, 0.1) is 44.8 Å². The number of rotatable bonds is 6. The summed E-state index contributed by atoms with van der Waals surface area (Å²) >= 11 is 0. The smallest absolute Gasteiger partial charge is 0.306 e. The minimum absolute atomic E-state index is 0.0844. The summed E-state index contributed by atoms with van der Waals surface area (Å²) < 4.78 is 44.1. The van der Waals surface area contributed by atoms with Crippen molar-refractivity contribution >= 4 is 11.9 Å². The number of ether oxygens (including phenoxy) is 2. The summed E-state index contributed by atoms with van der Waals surface area (Å²) in [6.45, 7) is 13.5. The Balaban J connectivity index is 1.38. The molecule has 1 heterocycles. The van der Waals surface area contributed by atoms with Gasteiger partial charge in [0, 0.05) is 30.1 Å². The molecule has 244 valence electrons. The Hall–Kier alpha value is -1.32. The van der Waals surface area contributed by atoms with Crippen molar-refractivity contribution in [1.29, 1.82) is 0 Å². The molecule has 1 saturated heterocycles. The van der Waals surface area contributed by atoms with E-state index in [1.807, 2.05) is 0 Å². The predicted molar refractivity (Wildman–Crippen MR) is 156 cm³/mol. The minimum atomic E-state index is -2.88. The lowest BCUT2D eigenvalue weighted by molar-refractivity contribution is -0.252. The van der Waals surface area contributed by atoms with Gasteiger partial charge in [-0.15, -0.1) is 0 Å². The van der Waals surface area contributed by atoms with Gasteiger partial charge in [0.15, 0.2) is 0 Å². The van der Waals surface area contributed by atoms with Crippen LogP contribution in [0.15, 0.2) is 0 Å². The highest BCUT2D eigenvalue weighted by molar-refractivity contribution is 5.80. The highest BCUT2D eigenvalue weighted by atomic mass is 19.3. The lowest BCUT2D eigenvalue weighted by Crippen LogP contribution is -2.64. The van der Waals surface area contributed by atoms with E-state index < -0.39 is 52.5 Å². The number of aliphatic hydroxyl groups is 2. The molecule has 9 heteroatoms. The largest absolute Gasteiger partial charge is 0.462 e. The van der Waals surface area contributed by atoms with Crippen LogP contribution in [0.1, 0.15) is 119 Å². The van der Waals surface area contributed by atoms with E-state index in [4.69, 9.17) is 15.2 Å². The van der Waals surface area contributed by atoms with Gasteiger partial charge in [-0.25, -0.2) is 8.78 Å². The number of carbonyl (C=O) groups excluding carboxylic acids is 2. The van der Waals surface area contributed by atoms with Gasteiger partial charge in [0.2, 0.25) is 5.91 Å². The highest BCUT2D eigenvalue weighted by Crippen LogP contribution is 2.90. The van der Waals surface area contributed by atoms with Crippen LogP contribution >= 0.6 is 0 Å². The fourth-order valence-corrected chi connectivity index (χ4v) is 12.6. The Morgan fingerprint density at radius 1 is 0.953 bits per heavy atom. The molecule has 0 aromatic heterocycles. The highest BCUT2D eigenvalue weighted by Gasteiger charge is 2.86. The Morgan fingerprint density at radius 2 is 1.60 bits per heavy atom. The maximum Gasteiger partial charge on any atom is 0.306 e. The standard InChI is InChI=1S/C34H53F2NO6/c1-27(2)26-20(42-24(40)9-8-23(37)39)16-21-30(6)17-19(38)25(31(7)11-10-22(43-31)28(3,4)41)29(30,5)12-13-32(21)18-33(26,32)14-15-34(27,35)36/h19-22,25-26,38,41H,8-18H2,1-7H3,(H2,37,39)/t19-,20-,21-,22-,25-,26-,29+,30-,31-,32-,33+/m0/s1. The summed E-state index contributed by atoms with van der Waals surface area (Å²) in [6, 6.07) is 0. The molecule has 4 N–H and O–H groups in total. The number of fused-ring (bicyclic) bond motifs is 2. The third kappa shape index (κ3) is 4.04. The third-order valence-electron chi connectivity index (χ3n) is 14.7. The number of primary amides is 1. The van der Waals surface area contributed by atoms with Gasteiger partial charge in [0.1, 0.15) is 6.10 Å². The van der Waals surface area contributed by atoms with Crippen molar-refractivity contribution in [2.75, 3.05) is 0 Å². The molecule has 1 aliphatic heterocycles. The normalized spacial score (nSPS) is 51.0. The van der Waals surface area contributed by atoms with Crippen molar-refractivity contribution < 1.29 is 38.1 Å². The van der Waals surface area contributed by atoms with Crippen molar-refractivity contribution in [1.82, 2.24) is 0 Å². The maximum atomic E-state index is 15.6. The van der Waals surface area contributed by atoms with E-state index in [-0.39, 0.29) is 58.9 Å². The van der Waals surface area contributed by atoms with Crippen LogP contribution in [0.4, 0.5) is 8.78 Å². The lowest BCUT2D eigenvalue weighted by atomic mass is 9.41. The van der Waals surface area contributed by atoms with E-state index in [0.29, 0.717) is 19.3 Å². The van der Waals surface area contributed by atoms with Gasteiger partial charge >= 0.3 is 5.97 Å². The van der Waals surface area contributed by atoms with E-state index >= 15 is 8.78 Å². The molecule has 0 radical (unpaired) electrons. The van der Waals surface area contributed by atoms with Crippen molar-refractivity contribution in [2.45, 2.75) is 155 Å². The molecule has 0 aromatic carbocycles. The molecule has 0 bridgehead atoms. The first kappa shape index (κ1) is 31.7. The maximum absolute atomic E-state index is 15.6. The van der Waals surface area contributed by atoms with E-state index in [0.717, 1.165) is 32.1 Å². The van der Waals surface area contributed by atoms with E-state index in [1.54, 1.807) is 27.7 Å². The van der Waals surface area contributed by atoms with E-state index in [2.05, 4.69) is 20.8 Å². The molecular weight excluding hydrogens is 556 g/mol. The van der Waals surface area contributed by atoms with Crippen LogP contribution in [0.3, 0.4) is 0 Å². The van der Waals surface area contributed by atoms with Gasteiger partial charge in [0.05, 0.1) is 29.8 Å². The van der Waals surface area contributed by atoms with Gasteiger partial charge in [-0.2, -0.15) is 0 Å². The van der Waals surface area contributed by atoms with Crippen molar-refractivity contribution in [2.24, 2.45) is 50.6 Å². The fraction of sp³-hybridized carbons (Fsp3) is 0.941. The second-order valence-electron chi connectivity index (χ2n) is 17.4. The molecular formula is C34H53F2NO6. The monoisotopic (exact) mass is 609 g/mol. The van der Waals surface area contributed by atoms with Crippen LogP contribution in [0.2, 0.25) is 0 Å². The Bertz CT molecular complexity index is 1200. The first-order chi connectivity index (χ1) is 19.6. The zero-order valence-corrected chi connectivity index (χ0v) is 27.1. The first-order valence-corrected chi connectivity index (χ1v) is 16.5. The molecule has 1 amide bonds. The molecule has 0 unspecified atom stereocenters. The number of carbonyl (C=O) groups is 2. The Morgan fingerprint density at radius 3 is 2.21 bits per heavy atom. The molecule has 6 aliphatic rings. The number of halogens is 2. The number of amides is 1. The van der Waals surface area contributed by atoms with Gasteiger partial charge in [-0.3, -0.25) is 9.59 Å². The van der Waals surface area contributed by atoms with Crippen LogP contribution in [0.25, 0.3) is 0 Å². The SMILES string of the molecule is CC(C)(O)[C@@H]1CC[C@@](C)([C@H]2[C@@H](O)C[C@@]3(C)[C@@H]4C[C@H](OC(=O)CCC(N)=O)[C@H]5C(C)(C)C(F)(F)CC[C@@]56C[C@@]46CC[C@]23C)O1. The second kappa shape index (κ2) is 9.15. The quantitative estimate of drug-likeness (QED) is 0.341. The number of hydrogen-bond acceptors (Lipinski definition) is 6. The molecule has 5 saturated carbocycles. The summed E-state index contributed by atoms with van der Waals surface area (Å²) in [5.41, 5.74) is 1.25. The molecule has 11 atom stereocenters. The summed E-state index contributed by atoms with van der Waals surface area (Å²) in [4.78, 5) is 24.4. The number of hydrogen-bond donors (Lipinski definition) is 3. The molecule has 7 nitrogen and oxygen atoms in total. The molecule has 2 spiro atoms. The second-order valence-corrected chi connectivity index (χ2v) is 17.4. The Kier molecular flexibility index (Phi) is 6.73. The molecule has 6 fully saturated rings. The number of alkyl halides is 2. The van der Waals surface area contributed by atoms with Crippen molar-refractivity contribution in [3.05, 3.63) is 0 Å². The summed E-state index contributed by atoms with van der Waals surface area (Å²) in [5.74, 6) is -4.60. The van der Waals surface area contributed by atoms with Crippen molar-refractivity contribution in [3.8, 4) is 0 Å². The van der Waals surface area contributed by atoms with Crippen LogP contribution in [0.5, 0.6) is 0 Å². The topological polar surface area (TPSA) is 119 Å². The zero-order chi connectivity index (χ0) is 31.8. The van der Waals surface area contributed by atoms with Gasteiger partial charge in [-0.1, -0.05) is 27.7 Å². The van der Waals surface area contributed by atoms with Gasteiger partial charge in [-0.05, 0) is 99.7 Å². The van der Waals surface area contributed by atoms with Crippen molar-refractivity contribution in [3.63, 3.8) is 0 Å². The van der Waals surface area contributed by atoms with Crippen LogP contribution in [-0.2, 0) is 19.1 Å². The fourth-order valence-electron chi connectivity index (χ4n) is 12.6. The van der Waals surface area contributed by atoms with Gasteiger partial charge in [0.25, 0.3) is 5.92 Å². The first-order valence-electron chi connectivity index (χ1n) is 16.5. The summed E-state index contributed by atoms with van der Waals surface area (Å²) in [6.07, 6.45) is 3.48. The zero-order valence-electron chi connectivity index (χ0n) is 27.1. The number of aliphatic hydroxyl groups excluding tert-OH is 1. The van der Waals surface area contributed by atoms with Crippen LogP contribution < -0.4 is 5.73 Å². The number of esters is 1. The molecule has 43 heavy (non-hydrogen) atoms. The average molecular weight is 610 g/mol. The number of nitrogens with two attached hydrogens (primary N) is 1.